The lowest BCUT2D eigenvalue weighted by Crippen LogP contribution is -2.30. The van der Waals surface area contributed by atoms with Gasteiger partial charge < -0.3 is 19.1 Å². The predicted octanol–water partition coefficient (Wildman–Crippen LogP) is 13.0. The lowest BCUT2D eigenvalue weighted by Gasteiger charge is -2.38. The molecule has 0 unspecified atom stereocenters. The number of nitrogens with zero attached hydrogens (tertiary/aromatic N) is 1. The molecular weight excluding hydrogens is 847 g/mol. The minimum absolute atomic E-state index is 0.157. The molecule has 0 atom stereocenters. The number of methoxy groups -OCH3 is 1. The van der Waals surface area contributed by atoms with E-state index in [1.165, 1.54) is 28.7 Å². The summed E-state index contributed by atoms with van der Waals surface area (Å²) < 4.78 is 12.6. The van der Waals surface area contributed by atoms with Crippen LogP contribution in [0.2, 0.25) is 0 Å². The molecule has 0 heterocycles. The summed E-state index contributed by atoms with van der Waals surface area (Å²) in [5, 5.41) is 19.2. The second-order valence-electron chi connectivity index (χ2n) is 15.1. The first-order valence-corrected chi connectivity index (χ1v) is 22.5. The maximum Gasteiger partial charge on any atom is 0.336 e. The SMILES string of the molecule is CN(Cc1ccccc1C(=O)O)SC(c1ccccc1)(c1ccccc1)c1ccccc1.COc1ccc(C(SOCc2ccccc2C(=O)O)(c2ccccc2)c2ccccc2)cc1. The fraction of sp³-hybridized carbons (Fsp3) is 0.107. The normalized spacial score (nSPS) is 11.3. The van der Waals surface area contributed by atoms with Crippen LogP contribution in [0.1, 0.15) is 65.2 Å². The van der Waals surface area contributed by atoms with Crippen LogP contribution in [0.3, 0.4) is 0 Å². The van der Waals surface area contributed by atoms with E-state index in [0.29, 0.717) is 17.7 Å². The summed E-state index contributed by atoms with van der Waals surface area (Å²) in [7, 11) is 3.67. The van der Waals surface area contributed by atoms with Crippen LogP contribution in [0.15, 0.2) is 224 Å². The second kappa shape index (κ2) is 22.2. The first-order chi connectivity index (χ1) is 31.8. The number of carbonyl (C=O) groups is 2. The monoisotopic (exact) mass is 895 g/mol. The molecule has 0 aliphatic carbocycles. The zero-order valence-corrected chi connectivity index (χ0v) is 37.7. The number of hydrogen-bond acceptors (Lipinski definition) is 7. The molecule has 0 aliphatic heterocycles. The van der Waals surface area contributed by atoms with Crippen molar-refractivity contribution >= 4 is 35.9 Å². The molecule has 0 saturated carbocycles. The van der Waals surface area contributed by atoms with Gasteiger partial charge in [0.25, 0.3) is 0 Å². The van der Waals surface area contributed by atoms with Crippen LogP contribution in [0, 0.1) is 0 Å². The van der Waals surface area contributed by atoms with Gasteiger partial charge in [0.15, 0.2) is 0 Å². The molecule has 0 radical (unpaired) electrons. The molecule has 2 N–H and O–H groups in total. The van der Waals surface area contributed by atoms with Gasteiger partial charge in [-0.25, -0.2) is 13.9 Å². The van der Waals surface area contributed by atoms with E-state index in [-0.39, 0.29) is 12.2 Å². The Labute approximate surface area is 389 Å². The van der Waals surface area contributed by atoms with Gasteiger partial charge in [0.05, 0.1) is 24.8 Å². The number of ether oxygens (including phenoxy) is 1. The molecule has 8 aromatic rings. The summed E-state index contributed by atoms with van der Waals surface area (Å²) in [5.74, 6) is -1.10. The number of benzene rings is 8. The summed E-state index contributed by atoms with van der Waals surface area (Å²) in [4.78, 5) is 23.4. The number of aromatic carboxylic acids is 2. The molecule has 326 valence electrons. The van der Waals surface area contributed by atoms with Crippen LogP contribution in [0.25, 0.3) is 0 Å². The number of carboxylic acid groups (broad SMARTS) is 2. The molecule has 65 heavy (non-hydrogen) atoms. The highest BCUT2D eigenvalue weighted by atomic mass is 32.2. The van der Waals surface area contributed by atoms with Crippen LogP contribution in [-0.2, 0) is 26.8 Å². The van der Waals surface area contributed by atoms with Crippen LogP contribution in [0.5, 0.6) is 5.75 Å². The van der Waals surface area contributed by atoms with E-state index in [2.05, 4.69) is 101 Å². The Morgan fingerprint density at radius 1 is 0.462 bits per heavy atom. The summed E-state index contributed by atoms with van der Waals surface area (Å²) in [6, 6.07) is 73.9. The van der Waals surface area contributed by atoms with Gasteiger partial charge in [0.1, 0.15) is 15.2 Å². The van der Waals surface area contributed by atoms with Gasteiger partial charge >= 0.3 is 11.9 Å². The third-order valence-electron chi connectivity index (χ3n) is 11.0. The second-order valence-corrected chi connectivity index (χ2v) is 17.5. The zero-order chi connectivity index (χ0) is 45.5. The van der Waals surface area contributed by atoms with E-state index in [9.17, 15) is 19.8 Å². The van der Waals surface area contributed by atoms with Crippen molar-refractivity contribution < 1.29 is 28.7 Å². The largest absolute Gasteiger partial charge is 0.497 e. The number of carboxylic acids is 2. The van der Waals surface area contributed by atoms with Crippen LogP contribution in [0.4, 0.5) is 0 Å². The zero-order valence-electron chi connectivity index (χ0n) is 36.1. The summed E-state index contributed by atoms with van der Waals surface area (Å²) in [6.07, 6.45) is 0. The number of hydrogen-bond donors (Lipinski definition) is 2. The fourth-order valence-corrected chi connectivity index (χ4v) is 10.4. The van der Waals surface area contributed by atoms with Crippen molar-refractivity contribution in [2.45, 2.75) is 22.6 Å². The van der Waals surface area contributed by atoms with Gasteiger partial charge in [-0.3, -0.25) is 0 Å². The first kappa shape index (κ1) is 46.1. The van der Waals surface area contributed by atoms with Gasteiger partial charge in [0.2, 0.25) is 0 Å². The van der Waals surface area contributed by atoms with Gasteiger partial charge in [-0.1, -0.05) is 212 Å². The standard InChI is InChI=1S/C28H25NO2S.C28H24O4S/c1-29(21-22-13-11-12-20-26(22)27(30)31)32-28(23-14-5-2-6-15-23,24-16-7-3-8-17-24)25-18-9-4-10-19-25;1-31-25-18-16-24(17-19-25)28(22-11-4-2-5-12-22,23-13-6-3-7-14-23)33-32-20-21-10-8-9-15-26(21)27(29)30/h2-20H,21H2,1H3,(H,30,31);2-19H,20H2,1H3,(H,29,30). The third-order valence-corrected chi connectivity index (χ3v) is 13.6. The van der Waals surface area contributed by atoms with Gasteiger partial charge in [0, 0.05) is 18.6 Å². The highest BCUT2D eigenvalue weighted by Gasteiger charge is 2.40. The molecule has 0 aliphatic rings. The first-order valence-electron chi connectivity index (χ1n) is 21.0. The smallest absolute Gasteiger partial charge is 0.336 e. The molecule has 8 rings (SSSR count). The van der Waals surface area contributed by atoms with Crippen molar-refractivity contribution in [2.75, 3.05) is 14.2 Å². The Morgan fingerprint density at radius 3 is 1.20 bits per heavy atom. The Hall–Kier alpha value is -6.88. The average molecular weight is 896 g/mol. The molecule has 0 aromatic heterocycles. The van der Waals surface area contributed by atoms with Gasteiger partial charge in [-0.15, -0.1) is 0 Å². The molecule has 8 aromatic carbocycles. The molecule has 9 heteroatoms. The summed E-state index contributed by atoms with van der Waals surface area (Å²) in [5.41, 5.74) is 8.63. The Bertz CT molecular complexity index is 2600. The maximum atomic E-state index is 11.7. The average Bonchev–Trinajstić information content (AvgIpc) is 3.36. The van der Waals surface area contributed by atoms with Gasteiger partial charge in [-0.2, -0.15) is 0 Å². The van der Waals surface area contributed by atoms with Crippen LogP contribution in [-0.4, -0.2) is 40.6 Å². The van der Waals surface area contributed by atoms with E-state index in [1.54, 1.807) is 49.4 Å². The van der Waals surface area contributed by atoms with Crippen molar-refractivity contribution in [3.8, 4) is 5.75 Å². The predicted molar refractivity (Wildman–Crippen MR) is 263 cm³/mol. The molecular formula is C56H49NO6S2. The van der Waals surface area contributed by atoms with E-state index in [1.807, 2.05) is 104 Å². The van der Waals surface area contributed by atoms with E-state index < -0.39 is 21.4 Å². The molecule has 7 nitrogen and oxygen atoms in total. The minimum atomic E-state index is -0.966. The molecule has 0 spiro atoms. The highest BCUT2D eigenvalue weighted by Crippen LogP contribution is 2.51. The van der Waals surface area contributed by atoms with Crippen molar-refractivity contribution in [2.24, 2.45) is 0 Å². The van der Waals surface area contributed by atoms with E-state index in [4.69, 9.17) is 8.92 Å². The summed E-state index contributed by atoms with van der Waals surface area (Å²) in [6.45, 7) is 0.659. The maximum absolute atomic E-state index is 11.7. The topological polar surface area (TPSA) is 96.3 Å². The fourth-order valence-electron chi connectivity index (χ4n) is 7.90. The van der Waals surface area contributed by atoms with Crippen LogP contribution >= 0.6 is 24.0 Å². The van der Waals surface area contributed by atoms with E-state index in [0.717, 1.165) is 28.0 Å². The molecule has 0 amide bonds. The lowest BCUT2D eigenvalue weighted by atomic mass is 9.84. The van der Waals surface area contributed by atoms with Crippen molar-refractivity contribution in [3.05, 3.63) is 280 Å². The van der Waals surface area contributed by atoms with Crippen molar-refractivity contribution in [3.63, 3.8) is 0 Å². The van der Waals surface area contributed by atoms with E-state index >= 15 is 0 Å². The minimum Gasteiger partial charge on any atom is -0.497 e. The highest BCUT2D eigenvalue weighted by molar-refractivity contribution is 7.98. The molecule has 0 fully saturated rings. The van der Waals surface area contributed by atoms with Gasteiger partial charge in [-0.05, 0) is 75.8 Å². The number of rotatable bonds is 17. The summed E-state index contributed by atoms with van der Waals surface area (Å²) >= 11 is 3.03. The lowest BCUT2D eigenvalue weighted by molar-refractivity contribution is 0.0684. The Balaban J connectivity index is 0.000000194. The quantitative estimate of drug-likeness (QED) is 0.0526. The third kappa shape index (κ3) is 10.7. The molecule has 0 saturated heterocycles. The van der Waals surface area contributed by atoms with Crippen molar-refractivity contribution in [1.29, 1.82) is 0 Å². The van der Waals surface area contributed by atoms with Crippen LogP contribution < -0.4 is 4.74 Å². The Kier molecular flexibility index (Phi) is 15.7. The molecule has 0 bridgehead atoms. The Morgan fingerprint density at radius 2 is 0.800 bits per heavy atom. The van der Waals surface area contributed by atoms with Crippen molar-refractivity contribution in [1.82, 2.24) is 4.31 Å².